The molecule has 2 aromatic rings. The topological polar surface area (TPSA) is 0 Å². The third kappa shape index (κ3) is 4.59. The summed E-state index contributed by atoms with van der Waals surface area (Å²) in [5, 5.41) is 0. The van der Waals surface area contributed by atoms with E-state index in [0.717, 1.165) is 0 Å². The largest absolute Gasteiger partial charge is 0.147 e. The van der Waals surface area contributed by atoms with Gasteiger partial charge in [-0.2, -0.15) is 0 Å². The normalized spacial score (nSPS) is 17.9. The average Bonchev–Trinajstić information content (AvgIpc) is 3.31. The van der Waals surface area contributed by atoms with Crippen molar-refractivity contribution in [3.63, 3.8) is 0 Å². The molecule has 2 aliphatic carbocycles. The van der Waals surface area contributed by atoms with Gasteiger partial charge < -0.3 is 0 Å². The molecule has 0 saturated carbocycles. The molecule has 0 radical (unpaired) electrons. The van der Waals surface area contributed by atoms with Gasteiger partial charge in [-0.05, 0) is 0 Å². The second-order valence-electron chi connectivity index (χ2n) is 7.60. The van der Waals surface area contributed by atoms with Crippen molar-refractivity contribution >= 4 is 34.1 Å². The summed E-state index contributed by atoms with van der Waals surface area (Å²) in [5.74, 6) is 0.626. The summed E-state index contributed by atoms with van der Waals surface area (Å²) in [6.45, 7) is 7.03. The third-order valence-electron chi connectivity index (χ3n) is 5.63. The first-order valence-corrected chi connectivity index (χ1v) is 13.5. The summed E-state index contributed by atoms with van der Waals surface area (Å²) < 4.78 is 4.05. The van der Waals surface area contributed by atoms with Gasteiger partial charge in [0.1, 0.15) is 0 Å². The Labute approximate surface area is 189 Å². The van der Waals surface area contributed by atoms with Crippen molar-refractivity contribution in [1.82, 2.24) is 0 Å². The molecular weight excluding hydrogens is 462 g/mol. The van der Waals surface area contributed by atoms with Gasteiger partial charge in [-0.25, -0.2) is 0 Å². The molecule has 4 rings (SSSR count). The minimum absolute atomic E-state index is 0. The van der Waals surface area contributed by atoms with Crippen LogP contribution in [0.1, 0.15) is 47.5 Å². The molecule has 0 heterocycles. The van der Waals surface area contributed by atoms with Crippen LogP contribution in [0.5, 0.6) is 0 Å². The zero-order valence-electron chi connectivity index (χ0n) is 16.7. The number of hydrogen-bond acceptors (Lipinski definition) is 0. The fourth-order valence-corrected chi connectivity index (χ4v) is 12.3. The number of hydrogen-bond donors (Lipinski definition) is 0. The van der Waals surface area contributed by atoms with Gasteiger partial charge in [0.05, 0.1) is 0 Å². The Hall–Kier alpha value is -1.01. The van der Waals surface area contributed by atoms with Crippen LogP contribution in [-0.4, -0.2) is 3.21 Å². The molecular formula is C25H28Cl2Zr. The van der Waals surface area contributed by atoms with Crippen molar-refractivity contribution in [2.24, 2.45) is 5.92 Å². The predicted molar refractivity (Wildman–Crippen MR) is 125 cm³/mol. The number of fused-ring (bicyclic) bond motifs is 1. The Morgan fingerprint density at radius 3 is 2.32 bits per heavy atom. The summed E-state index contributed by atoms with van der Waals surface area (Å²) in [6.07, 6.45) is 11.0. The fourth-order valence-electron chi connectivity index (χ4n) is 4.16. The summed E-state index contributed by atoms with van der Waals surface area (Å²) in [4.78, 5) is 0. The van der Waals surface area contributed by atoms with Crippen molar-refractivity contribution < 1.29 is 21.3 Å². The molecule has 0 aliphatic heterocycles. The Bertz CT molecular complexity index is 950. The van der Waals surface area contributed by atoms with E-state index in [1.165, 1.54) is 23.1 Å². The van der Waals surface area contributed by atoms with Crippen LogP contribution in [-0.2, 0) is 21.3 Å². The molecule has 0 nitrogen and oxygen atoms in total. The van der Waals surface area contributed by atoms with Crippen molar-refractivity contribution in [3.05, 3.63) is 98.4 Å². The monoisotopic (exact) mass is 488 g/mol. The van der Waals surface area contributed by atoms with Gasteiger partial charge in [-0.3, -0.25) is 0 Å². The maximum atomic E-state index is 2.56. The van der Waals surface area contributed by atoms with E-state index >= 15 is 0 Å². The first kappa shape index (κ1) is 23.3. The Morgan fingerprint density at radius 2 is 1.64 bits per heavy atom. The van der Waals surface area contributed by atoms with E-state index in [9.17, 15) is 0 Å². The first-order valence-electron chi connectivity index (χ1n) is 9.59. The molecule has 0 N–H and O–H groups in total. The number of benzene rings is 2. The van der Waals surface area contributed by atoms with Gasteiger partial charge >= 0.3 is 166 Å². The van der Waals surface area contributed by atoms with Crippen molar-refractivity contribution in [1.29, 1.82) is 0 Å². The van der Waals surface area contributed by atoms with Gasteiger partial charge in [0.2, 0.25) is 0 Å². The van der Waals surface area contributed by atoms with Crippen LogP contribution >= 0.6 is 24.8 Å². The first-order chi connectivity index (χ1) is 12.6. The standard InChI is InChI=1S/C9H7.C8H11.C8H8.2ClH.Zr/c1-2-5-9-7-3-6-8(9)4-1;1-7(2)8-5-3-4-6-8;1-2-8-6-4-3-5-7-8;;;/h1-7H;5-7H,3H2,1-2H3;3-7H,1H3;2*1H;. The van der Waals surface area contributed by atoms with Crippen molar-refractivity contribution in [2.45, 2.75) is 30.8 Å². The van der Waals surface area contributed by atoms with E-state index in [1.54, 1.807) is 12.1 Å². The zero-order valence-corrected chi connectivity index (χ0v) is 20.8. The van der Waals surface area contributed by atoms with Gasteiger partial charge in [0, 0.05) is 0 Å². The molecule has 0 amide bonds. The third-order valence-corrected chi connectivity index (χ3v) is 13.7. The minimum Gasteiger partial charge on any atom is -0.147 e. The minimum atomic E-state index is -2.07. The van der Waals surface area contributed by atoms with Crippen molar-refractivity contribution in [3.8, 4) is 0 Å². The van der Waals surface area contributed by atoms with E-state index in [2.05, 4.69) is 99.7 Å². The maximum absolute atomic E-state index is 2.56. The van der Waals surface area contributed by atoms with Crippen LogP contribution in [0.4, 0.5) is 0 Å². The van der Waals surface area contributed by atoms with Crippen LogP contribution in [0.2, 0.25) is 0 Å². The molecule has 1 atom stereocenters. The summed E-state index contributed by atoms with van der Waals surface area (Å²) >= 11 is -2.07. The molecule has 2 aliphatic rings. The van der Waals surface area contributed by atoms with Gasteiger partial charge in [-0.15, -0.1) is 24.8 Å². The molecule has 0 spiro atoms. The van der Waals surface area contributed by atoms with E-state index < -0.39 is 21.3 Å². The van der Waals surface area contributed by atoms with Crippen LogP contribution in [0.3, 0.4) is 0 Å². The number of allylic oxidation sites excluding steroid dienone is 5. The molecule has 146 valence electrons. The molecule has 28 heavy (non-hydrogen) atoms. The summed E-state index contributed by atoms with van der Waals surface area (Å²) in [5.41, 5.74) is 5.95. The van der Waals surface area contributed by atoms with Crippen molar-refractivity contribution in [2.75, 3.05) is 0 Å². The maximum Gasteiger partial charge on any atom is -0.147 e. The Kier molecular flexibility index (Phi) is 8.44. The van der Waals surface area contributed by atoms with E-state index in [0.29, 0.717) is 9.54 Å². The van der Waals surface area contributed by atoms with Gasteiger partial charge in [-0.1, -0.05) is 0 Å². The zero-order chi connectivity index (χ0) is 18.1. The second kappa shape index (κ2) is 10.2. The molecule has 3 heteroatoms. The molecule has 0 bridgehead atoms. The fraction of sp³-hybridized carbons (Fsp3) is 0.240. The SMILES string of the molecule is C/[C](c1ccccc1)=[Zr](\[C]1=CC(C(C)C)=CC1)[CH]1C=Cc2ccccc21.Cl.Cl. The molecule has 2 aromatic carbocycles. The van der Waals surface area contributed by atoms with E-state index in [-0.39, 0.29) is 24.8 Å². The smallest absolute Gasteiger partial charge is 0.147 e. The van der Waals surface area contributed by atoms with Crippen LogP contribution in [0.15, 0.2) is 81.7 Å². The molecule has 0 saturated heterocycles. The molecule has 0 fully saturated rings. The van der Waals surface area contributed by atoms with E-state index in [4.69, 9.17) is 0 Å². The predicted octanol–water partition coefficient (Wildman–Crippen LogP) is 7.33. The number of halogens is 2. The van der Waals surface area contributed by atoms with Crippen LogP contribution in [0, 0.1) is 5.92 Å². The summed E-state index contributed by atoms with van der Waals surface area (Å²) in [7, 11) is 0. The molecule has 0 aromatic heterocycles. The Morgan fingerprint density at radius 1 is 0.964 bits per heavy atom. The van der Waals surface area contributed by atoms with Gasteiger partial charge in [0.15, 0.2) is 0 Å². The quantitative estimate of drug-likeness (QED) is 0.421. The van der Waals surface area contributed by atoms with Gasteiger partial charge in [0.25, 0.3) is 0 Å². The van der Waals surface area contributed by atoms with E-state index in [1.807, 2.05) is 0 Å². The Balaban J connectivity index is 0.00000140. The van der Waals surface area contributed by atoms with Crippen LogP contribution < -0.4 is 0 Å². The van der Waals surface area contributed by atoms with Crippen LogP contribution in [0.25, 0.3) is 6.08 Å². The average molecular weight is 491 g/mol. The number of rotatable bonds is 4. The molecule has 1 unspecified atom stereocenters. The summed E-state index contributed by atoms with van der Waals surface area (Å²) in [6, 6.07) is 20.1. The second-order valence-corrected chi connectivity index (χ2v) is 14.6.